The first-order valence-corrected chi connectivity index (χ1v) is 14.9. The van der Waals surface area contributed by atoms with Crippen LogP contribution in [0, 0.1) is 21.8 Å². The van der Waals surface area contributed by atoms with Gasteiger partial charge in [0.2, 0.25) is 0 Å². The summed E-state index contributed by atoms with van der Waals surface area (Å²) in [5.41, 5.74) is 2.92. The van der Waals surface area contributed by atoms with E-state index in [1.165, 1.54) is 0 Å². The molecule has 0 saturated heterocycles. The highest BCUT2D eigenvalue weighted by molar-refractivity contribution is 14.1. The van der Waals surface area contributed by atoms with Crippen molar-refractivity contribution in [3.05, 3.63) is 108 Å². The van der Waals surface area contributed by atoms with Crippen molar-refractivity contribution >= 4 is 57.3 Å². The molecule has 4 rings (SSSR count). The van der Waals surface area contributed by atoms with Crippen LogP contribution >= 0.6 is 34.4 Å². The van der Waals surface area contributed by atoms with Gasteiger partial charge in [0.15, 0.2) is 11.5 Å². The minimum Gasteiger partial charge on any atom is -0.506 e. The van der Waals surface area contributed by atoms with Gasteiger partial charge in [0, 0.05) is 11.1 Å². The number of halogens is 1. The fourth-order valence-electron chi connectivity index (χ4n) is 4.09. The first-order chi connectivity index (χ1) is 20.3. The van der Waals surface area contributed by atoms with E-state index in [1.54, 1.807) is 56.3 Å². The van der Waals surface area contributed by atoms with Crippen molar-refractivity contribution in [2.45, 2.75) is 27.4 Å². The second-order valence-corrected chi connectivity index (χ2v) is 11.1. The Balaban J connectivity index is 1.69. The molecule has 1 heterocycles. The maximum absolute atomic E-state index is 13.0. The Kier molecular flexibility index (Phi) is 10.4. The number of aliphatic imine (C=N–C) groups is 1. The van der Waals surface area contributed by atoms with Gasteiger partial charge in [-0.15, -0.1) is 0 Å². The average molecular weight is 695 g/mol. The molecule has 0 bridgehead atoms. The fraction of sp³-hybridized carbons (Fsp3) is 0.188. The number of rotatable bonds is 9. The number of nitrogens with zero attached hydrogens (tertiary/aromatic N) is 2. The Morgan fingerprint density at radius 3 is 2.52 bits per heavy atom. The van der Waals surface area contributed by atoms with Crippen LogP contribution in [-0.4, -0.2) is 35.2 Å². The lowest BCUT2D eigenvalue weighted by Gasteiger charge is -2.15. The van der Waals surface area contributed by atoms with E-state index in [0.717, 1.165) is 26.5 Å². The van der Waals surface area contributed by atoms with Gasteiger partial charge in [0.1, 0.15) is 23.0 Å². The molecule has 8 nitrogen and oxygen atoms in total. The van der Waals surface area contributed by atoms with Gasteiger partial charge in [0.25, 0.3) is 5.91 Å². The van der Waals surface area contributed by atoms with E-state index in [1.807, 2.05) is 31.2 Å². The zero-order valence-electron chi connectivity index (χ0n) is 23.1. The van der Waals surface area contributed by atoms with Gasteiger partial charge in [-0.25, -0.2) is 9.79 Å². The number of aliphatic hydroxyl groups excluding tert-OH is 1. The van der Waals surface area contributed by atoms with E-state index in [-0.39, 0.29) is 29.6 Å². The molecule has 0 unspecified atom stereocenters. The zero-order chi connectivity index (χ0) is 30.2. The third-order valence-corrected chi connectivity index (χ3v) is 7.91. The molecule has 0 atom stereocenters. The number of aryl methyl sites for hydroxylation is 1. The van der Waals surface area contributed by atoms with Crippen molar-refractivity contribution in [2.75, 3.05) is 13.2 Å². The number of carbonyl (C=O) groups excluding carboxylic acids is 2. The lowest BCUT2D eigenvalue weighted by Crippen LogP contribution is -2.14. The number of nitriles is 1. The SMILES string of the molecule is CCOC(=O)C1=C(O)/C(=C/c2cc(I)c(OCc3ccccc3C#N)c(OCC)c2)SC1=NC(=O)c1ccccc1C. The predicted molar refractivity (Wildman–Crippen MR) is 171 cm³/mol. The monoisotopic (exact) mass is 694 g/mol. The summed E-state index contributed by atoms with van der Waals surface area (Å²) in [6.45, 7) is 5.96. The molecule has 1 amide bonds. The summed E-state index contributed by atoms with van der Waals surface area (Å²) in [6.07, 6.45) is 1.68. The van der Waals surface area contributed by atoms with Gasteiger partial charge in [-0.05, 0) is 84.8 Å². The molecular formula is C32H27IN2O6S. The lowest BCUT2D eigenvalue weighted by atomic mass is 10.1. The number of carbonyl (C=O) groups is 2. The predicted octanol–water partition coefficient (Wildman–Crippen LogP) is 7.15. The summed E-state index contributed by atoms with van der Waals surface area (Å²) in [4.78, 5) is 30.3. The number of hydrogen-bond acceptors (Lipinski definition) is 8. The molecule has 0 aliphatic carbocycles. The first-order valence-electron chi connectivity index (χ1n) is 13.0. The second-order valence-electron chi connectivity index (χ2n) is 8.91. The number of hydrogen-bond donors (Lipinski definition) is 1. The van der Waals surface area contributed by atoms with Gasteiger partial charge in [-0.3, -0.25) is 4.79 Å². The number of aliphatic hydroxyl groups is 1. The summed E-state index contributed by atoms with van der Waals surface area (Å²) >= 11 is 3.14. The number of ether oxygens (including phenoxy) is 3. The van der Waals surface area contributed by atoms with E-state index in [9.17, 15) is 20.0 Å². The molecule has 10 heteroatoms. The van der Waals surface area contributed by atoms with E-state index in [4.69, 9.17) is 14.2 Å². The highest BCUT2D eigenvalue weighted by Gasteiger charge is 2.34. The van der Waals surface area contributed by atoms with Crippen LogP contribution in [0.25, 0.3) is 6.08 Å². The molecule has 0 radical (unpaired) electrons. The van der Waals surface area contributed by atoms with E-state index in [0.29, 0.717) is 39.7 Å². The Labute approximate surface area is 261 Å². The number of esters is 1. The highest BCUT2D eigenvalue weighted by atomic mass is 127. The largest absolute Gasteiger partial charge is 0.506 e. The standard InChI is InChI=1S/C32H27IN2O6S/c1-4-39-25-15-20(14-24(33)29(25)41-18-22-12-8-7-11-21(22)17-34)16-26-28(36)27(32(38)40-5-2)31(42-26)35-30(37)23-13-9-6-10-19(23)3/h6-16,36H,4-5,18H2,1-3H3/b26-16-,35-31?. The van der Waals surface area contributed by atoms with Crippen LogP contribution in [0.1, 0.15) is 46.5 Å². The zero-order valence-corrected chi connectivity index (χ0v) is 26.1. The Morgan fingerprint density at radius 1 is 1.07 bits per heavy atom. The molecule has 1 aliphatic heterocycles. The fourth-order valence-corrected chi connectivity index (χ4v) is 5.88. The van der Waals surface area contributed by atoms with Crippen LogP contribution < -0.4 is 9.47 Å². The second kappa shape index (κ2) is 14.2. The van der Waals surface area contributed by atoms with Crippen molar-refractivity contribution < 1.29 is 28.9 Å². The van der Waals surface area contributed by atoms with Crippen molar-refractivity contribution in [3.8, 4) is 17.6 Å². The summed E-state index contributed by atoms with van der Waals surface area (Å²) in [5.74, 6) is -0.626. The van der Waals surface area contributed by atoms with Crippen molar-refractivity contribution in [1.82, 2.24) is 0 Å². The maximum atomic E-state index is 13.0. The Bertz CT molecular complexity index is 1670. The lowest BCUT2D eigenvalue weighted by molar-refractivity contribution is -0.138. The van der Waals surface area contributed by atoms with Crippen molar-refractivity contribution in [2.24, 2.45) is 4.99 Å². The van der Waals surface area contributed by atoms with Crippen LogP contribution in [0.4, 0.5) is 0 Å². The highest BCUT2D eigenvalue weighted by Crippen LogP contribution is 2.41. The normalized spacial score (nSPS) is 14.6. The smallest absolute Gasteiger partial charge is 0.344 e. The molecule has 0 aromatic heterocycles. The molecule has 214 valence electrons. The summed E-state index contributed by atoms with van der Waals surface area (Å²) in [7, 11) is 0. The van der Waals surface area contributed by atoms with Crippen LogP contribution in [0.3, 0.4) is 0 Å². The molecular weight excluding hydrogens is 667 g/mol. The first kappa shape index (κ1) is 30.9. The van der Waals surface area contributed by atoms with Crippen molar-refractivity contribution in [3.63, 3.8) is 0 Å². The summed E-state index contributed by atoms with van der Waals surface area (Å²) in [5, 5.41) is 20.5. The van der Waals surface area contributed by atoms with Crippen molar-refractivity contribution in [1.29, 1.82) is 5.26 Å². The molecule has 42 heavy (non-hydrogen) atoms. The summed E-state index contributed by atoms with van der Waals surface area (Å²) < 4.78 is 17.9. The van der Waals surface area contributed by atoms with Gasteiger partial charge in [-0.2, -0.15) is 5.26 Å². The molecule has 1 aliphatic rings. The van der Waals surface area contributed by atoms with Gasteiger partial charge < -0.3 is 19.3 Å². The minimum absolute atomic E-state index is 0.0568. The molecule has 1 N–H and O–H groups in total. The van der Waals surface area contributed by atoms with Crippen LogP contribution in [0.5, 0.6) is 11.5 Å². The minimum atomic E-state index is -0.770. The third kappa shape index (κ3) is 7.03. The van der Waals surface area contributed by atoms with Crippen LogP contribution in [0.2, 0.25) is 0 Å². The topological polar surface area (TPSA) is 118 Å². The van der Waals surface area contributed by atoms with E-state index in [2.05, 4.69) is 33.7 Å². The number of amides is 1. The Hall–Kier alpha value is -4.08. The number of thioether (sulfide) groups is 1. The molecule has 3 aromatic carbocycles. The average Bonchev–Trinajstić information content (AvgIpc) is 3.27. The van der Waals surface area contributed by atoms with Crippen LogP contribution in [0.15, 0.2) is 81.9 Å². The molecule has 0 saturated carbocycles. The van der Waals surface area contributed by atoms with Gasteiger partial charge in [0.05, 0.1) is 33.3 Å². The Morgan fingerprint density at radius 2 is 1.81 bits per heavy atom. The van der Waals surface area contributed by atoms with E-state index < -0.39 is 11.9 Å². The third-order valence-electron chi connectivity index (χ3n) is 6.09. The molecule has 0 spiro atoms. The maximum Gasteiger partial charge on any atom is 0.344 e. The van der Waals surface area contributed by atoms with Gasteiger partial charge >= 0.3 is 5.97 Å². The quantitative estimate of drug-likeness (QED) is 0.185. The van der Waals surface area contributed by atoms with Crippen LogP contribution in [-0.2, 0) is 16.1 Å². The van der Waals surface area contributed by atoms with E-state index >= 15 is 0 Å². The van der Waals surface area contributed by atoms with Gasteiger partial charge in [-0.1, -0.05) is 48.2 Å². The summed E-state index contributed by atoms with van der Waals surface area (Å²) in [6, 6.07) is 20.0. The molecule has 0 fully saturated rings. The molecule has 3 aromatic rings. The number of benzene rings is 3.